The Hall–Kier alpha value is -0.770. The largest absolute Gasteiger partial charge is 0.388 e. The lowest BCUT2D eigenvalue weighted by atomic mass is 9.98. The summed E-state index contributed by atoms with van der Waals surface area (Å²) >= 11 is 0. The molecule has 1 fully saturated rings. The number of likely N-dealkylation sites (tertiary alicyclic amines) is 1. The molecule has 0 atom stereocenters. The van der Waals surface area contributed by atoms with Gasteiger partial charge in [0.1, 0.15) is 0 Å². The average molecular weight is 227 g/mol. The van der Waals surface area contributed by atoms with E-state index in [1.807, 2.05) is 13.8 Å². The van der Waals surface area contributed by atoms with Crippen molar-refractivity contribution in [2.75, 3.05) is 19.6 Å². The average Bonchev–Trinajstić information content (AvgIpc) is 2.36. The normalized spacial score (nSPS) is 18.9. The molecule has 1 aliphatic heterocycles. The van der Waals surface area contributed by atoms with Crippen molar-refractivity contribution in [2.24, 2.45) is 10.7 Å². The molecule has 0 radical (unpaired) electrons. The zero-order chi connectivity index (χ0) is 12.0. The van der Waals surface area contributed by atoms with E-state index in [2.05, 4.69) is 9.89 Å². The van der Waals surface area contributed by atoms with Crippen LogP contribution in [0, 0.1) is 0 Å². The summed E-state index contributed by atoms with van der Waals surface area (Å²) in [5, 5.41) is 10.1. The van der Waals surface area contributed by atoms with Crippen LogP contribution in [0.4, 0.5) is 0 Å². The van der Waals surface area contributed by atoms with Crippen molar-refractivity contribution >= 4 is 5.96 Å². The van der Waals surface area contributed by atoms with Crippen molar-refractivity contribution < 1.29 is 5.11 Å². The number of nitrogens with two attached hydrogens (primary N) is 1. The summed E-state index contributed by atoms with van der Waals surface area (Å²) in [6.07, 6.45) is 5.13. The molecule has 0 aromatic heterocycles. The Morgan fingerprint density at radius 2 is 1.81 bits per heavy atom. The minimum atomic E-state index is -0.680. The van der Waals surface area contributed by atoms with Crippen LogP contribution in [-0.4, -0.2) is 41.2 Å². The molecule has 0 unspecified atom stereocenters. The Balaban J connectivity index is 2.48. The second kappa shape index (κ2) is 6.09. The summed E-state index contributed by atoms with van der Waals surface area (Å²) in [5.41, 5.74) is 5.25. The molecule has 4 heteroatoms. The van der Waals surface area contributed by atoms with Crippen LogP contribution in [0.5, 0.6) is 0 Å². The molecule has 1 rings (SSSR count). The quantitative estimate of drug-likeness (QED) is 0.563. The molecule has 0 bridgehead atoms. The van der Waals surface area contributed by atoms with Crippen LogP contribution in [0.1, 0.15) is 46.0 Å². The van der Waals surface area contributed by atoms with E-state index in [0.29, 0.717) is 12.5 Å². The van der Waals surface area contributed by atoms with Gasteiger partial charge in [-0.3, -0.25) is 4.99 Å². The number of hydrogen-bond acceptors (Lipinski definition) is 2. The monoisotopic (exact) mass is 227 g/mol. The molecule has 0 spiro atoms. The van der Waals surface area contributed by atoms with Crippen molar-refractivity contribution in [2.45, 2.75) is 51.6 Å². The summed E-state index contributed by atoms with van der Waals surface area (Å²) in [4.78, 5) is 6.45. The third-order valence-electron chi connectivity index (χ3n) is 3.53. The van der Waals surface area contributed by atoms with E-state index < -0.39 is 5.60 Å². The lowest BCUT2D eigenvalue weighted by Gasteiger charge is -2.29. The van der Waals surface area contributed by atoms with E-state index in [-0.39, 0.29) is 0 Å². The number of piperidine rings is 1. The minimum Gasteiger partial charge on any atom is -0.388 e. The SMILES string of the molecule is CCC(O)(CC)CN=C(N)N1CCCCC1. The Morgan fingerprint density at radius 3 is 2.31 bits per heavy atom. The van der Waals surface area contributed by atoms with Crippen molar-refractivity contribution in [3.8, 4) is 0 Å². The topological polar surface area (TPSA) is 61.9 Å². The number of rotatable bonds is 4. The maximum absolute atomic E-state index is 10.1. The molecule has 1 saturated heterocycles. The van der Waals surface area contributed by atoms with E-state index in [1.54, 1.807) is 0 Å². The van der Waals surface area contributed by atoms with E-state index in [0.717, 1.165) is 25.9 Å². The highest BCUT2D eigenvalue weighted by Gasteiger charge is 2.22. The summed E-state index contributed by atoms with van der Waals surface area (Å²) in [5.74, 6) is 0.597. The molecule has 1 heterocycles. The van der Waals surface area contributed by atoms with Gasteiger partial charge in [0.25, 0.3) is 0 Å². The van der Waals surface area contributed by atoms with Crippen molar-refractivity contribution in [3.05, 3.63) is 0 Å². The van der Waals surface area contributed by atoms with Gasteiger partial charge >= 0.3 is 0 Å². The zero-order valence-corrected chi connectivity index (χ0v) is 10.6. The summed E-state index contributed by atoms with van der Waals surface area (Å²) in [6, 6.07) is 0. The van der Waals surface area contributed by atoms with Gasteiger partial charge in [-0.15, -0.1) is 0 Å². The van der Waals surface area contributed by atoms with Crippen LogP contribution in [-0.2, 0) is 0 Å². The highest BCUT2D eigenvalue weighted by atomic mass is 16.3. The van der Waals surface area contributed by atoms with Gasteiger partial charge in [-0.1, -0.05) is 13.8 Å². The minimum absolute atomic E-state index is 0.419. The fourth-order valence-corrected chi connectivity index (χ4v) is 1.92. The third kappa shape index (κ3) is 3.67. The van der Waals surface area contributed by atoms with Crippen LogP contribution in [0.15, 0.2) is 4.99 Å². The molecule has 16 heavy (non-hydrogen) atoms. The lowest BCUT2D eigenvalue weighted by Crippen LogP contribution is -2.42. The van der Waals surface area contributed by atoms with Gasteiger partial charge in [0, 0.05) is 13.1 Å². The molecule has 4 nitrogen and oxygen atoms in total. The van der Waals surface area contributed by atoms with E-state index in [1.165, 1.54) is 19.3 Å². The summed E-state index contributed by atoms with van der Waals surface area (Å²) in [6.45, 7) is 6.40. The smallest absolute Gasteiger partial charge is 0.191 e. The van der Waals surface area contributed by atoms with Gasteiger partial charge in [-0.05, 0) is 32.1 Å². The maximum Gasteiger partial charge on any atom is 0.191 e. The molecule has 0 amide bonds. The Bertz CT molecular complexity index is 230. The fourth-order valence-electron chi connectivity index (χ4n) is 1.92. The zero-order valence-electron chi connectivity index (χ0n) is 10.6. The molecule has 0 aliphatic carbocycles. The van der Waals surface area contributed by atoms with Gasteiger partial charge in [0.05, 0.1) is 12.1 Å². The van der Waals surface area contributed by atoms with Crippen molar-refractivity contribution in [1.82, 2.24) is 4.90 Å². The molecular weight excluding hydrogens is 202 g/mol. The molecule has 0 saturated carbocycles. The Morgan fingerprint density at radius 1 is 1.25 bits per heavy atom. The van der Waals surface area contributed by atoms with E-state index in [4.69, 9.17) is 5.73 Å². The first kappa shape index (κ1) is 13.3. The number of hydrogen-bond donors (Lipinski definition) is 2. The van der Waals surface area contributed by atoms with Crippen LogP contribution >= 0.6 is 0 Å². The predicted octanol–water partition coefficient (Wildman–Crippen LogP) is 1.34. The predicted molar refractivity (Wildman–Crippen MR) is 67.4 cm³/mol. The Labute approximate surface area is 98.5 Å². The maximum atomic E-state index is 10.1. The van der Waals surface area contributed by atoms with Crippen LogP contribution < -0.4 is 5.73 Å². The van der Waals surface area contributed by atoms with Gasteiger partial charge in [0.15, 0.2) is 5.96 Å². The molecular formula is C12H25N3O. The first-order chi connectivity index (χ1) is 7.61. The van der Waals surface area contributed by atoms with Crippen LogP contribution in [0.2, 0.25) is 0 Å². The second-order valence-corrected chi connectivity index (χ2v) is 4.65. The fraction of sp³-hybridized carbons (Fsp3) is 0.917. The highest BCUT2D eigenvalue weighted by Crippen LogP contribution is 2.15. The van der Waals surface area contributed by atoms with Gasteiger partial charge in [-0.25, -0.2) is 0 Å². The number of nitrogens with zero attached hydrogens (tertiary/aromatic N) is 2. The van der Waals surface area contributed by atoms with Crippen molar-refractivity contribution in [3.63, 3.8) is 0 Å². The van der Waals surface area contributed by atoms with Crippen molar-refractivity contribution in [1.29, 1.82) is 0 Å². The van der Waals surface area contributed by atoms with E-state index in [9.17, 15) is 5.11 Å². The molecule has 0 aromatic carbocycles. The first-order valence-electron chi connectivity index (χ1n) is 6.38. The summed E-state index contributed by atoms with van der Waals surface area (Å²) < 4.78 is 0. The molecule has 94 valence electrons. The second-order valence-electron chi connectivity index (χ2n) is 4.65. The van der Waals surface area contributed by atoms with E-state index >= 15 is 0 Å². The lowest BCUT2D eigenvalue weighted by molar-refractivity contribution is 0.0416. The summed E-state index contributed by atoms with van der Waals surface area (Å²) in [7, 11) is 0. The first-order valence-corrected chi connectivity index (χ1v) is 6.38. The number of guanidine groups is 1. The highest BCUT2D eigenvalue weighted by molar-refractivity contribution is 5.78. The molecule has 0 aromatic rings. The number of aliphatic imine (C=N–C) groups is 1. The van der Waals surface area contributed by atoms with Gasteiger partial charge < -0.3 is 15.7 Å². The molecule has 3 N–H and O–H groups in total. The molecule has 1 aliphatic rings. The van der Waals surface area contributed by atoms with Gasteiger partial charge in [0.2, 0.25) is 0 Å². The van der Waals surface area contributed by atoms with Gasteiger partial charge in [-0.2, -0.15) is 0 Å². The van der Waals surface area contributed by atoms with Crippen LogP contribution in [0.25, 0.3) is 0 Å². The third-order valence-corrected chi connectivity index (χ3v) is 3.53. The number of aliphatic hydroxyl groups is 1. The standard InChI is InChI=1S/C12H25N3O/c1-3-12(16,4-2)10-14-11(13)15-8-6-5-7-9-15/h16H,3-10H2,1-2H3,(H2,13,14). The Kier molecular flexibility index (Phi) is 5.06. The van der Waals surface area contributed by atoms with Crippen LogP contribution in [0.3, 0.4) is 0 Å².